The fourth-order valence-electron chi connectivity index (χ4n) is 2.28. The highest BCUT2D eigenvalue weighted by atomic mass is 79.9. The smallest absolute Gasteiger partial charge is 0.243 e. The summed E-state index contributed by atoms with van der Waals surface area (Å²) in [4.78, 5) is 4.49. The zero-order valence-electron chi connectivity index (χ0n) is 11.5. The number of halogens is 1. The Kier molecular flexibility index (Phi) is 4.10. The normalized spacial score (nSPS) is 14.8. The SMILES string of the molecule is CC(C)CC(C)(CN)Nc1nc2c(Br)cccn2n1. The number of anilines is 1. The lowest BCUT2D eigenvalue weighted by Gasteiger charge is -2.30. The monoisotopic (exact) mass is 325 g/mol. The van der Waals surface area contributed by atoms with E-state index in [4.69, 9.17) is 5.73 Å². The highest BCUT2D eigenvalue weighted by Crippen LogP contribution is 2.22. The third-order valence-corrected chi connectivity index (χ3v) is 3.66. The molecule has 0 fully saturated rings. The van der Waals surface area contributed by atoms with Crippen molar-refractivity contribution < 1.29 is 0 Å². The number of hydrogen-bond acceptors (Lipinski definition) is 4. The maximum absolute atomic E-state index is 5.89. The maximum atomic E-state index is 5.89. The standard InChI is InChI=1S/C13H20BrN5/c1-9(2)7-13(3,8-15)17-12-16-11-10(14)5-4-6-19(11)18-12/h4-6,9H,7-8,15H2,1-3H3,(H,17,18). The van der Waals surface area contributed by atoms with Crippen molar-refractivity contribution in [2.75, 3.05) is 11.9 Å². The van der Waals surface area contributed by atoms with Gasteiger partial charge in [-0.05, 0) is 47.3 Å². The summed E-state index contributed by atoms with van der Waals surface area (Å²) in [7, 11) is 0. The van der Waals surface area contributed by atoms with Crippen molar-refractivity contribution in [3.63, 3.8) is 0 Å². The van der Waals surface area contributed by atoms with Crippen molar-refractivity contribution in [1.29, 1.82) is 0 Å². The maximum Gasteiger partial charge on any atom is 0.243 e. The molecule has 0 radical (unpaired) electrons. The molecule has 0 spiro atoms. The van der Waals surface area contributed by atoms with E-state index < -0.39 is 0 Å². The van der Waals surface area contributed by atoms with Crippen LogP contribution in [0.3, 0.4) is 0 Å². The van der Waals surface area contributed by atoms with Crippen LogP contribution in [0.5, 0.6) is 0 Å². The lowest BCUT2D eigenvalue weighted by Crippen LogP contribution is -2.44. The molecule has 3 N–H and O–H groups in total. The van der Waals surface area contributed by atoms with Crippen LogP contribution < -0.4 is 11.1 Å². The summed E-state index contributed by atoms with van der Waals surface area (Å²) < 4.78 is 2.67. The molecule has 0 aromatic carbocycles. The number of hydrogen-bond donors (Lipinski definition) is 2. The molecule has 19 heavy (non-hydrogen) atoms. The molecular formula is C13H20BrN5. The van der Waals surface area contributed by atoms with Gasteiger partial charge in [-0.2, -0.15) is 4.98 Å². The summed E-state index contributed by atoms with van der Waals surface area (Å²) in [6.45, 7) is 7.02. The van der Waals surface area contributed by atoms with E-state index in [0.29, 0.717) is 18.4 Å². The van der Waals surface area contributed by atoms with E-state index in [1.54, 1.807) is 4.52 Å². The van der Waals surface area contributed by atoms with Gasteiger partial charge < -0.3 is 11.1 Å². The summed E-state index contributed by atoms with van der Waals surface area (Å²) >= 11 is 3.47. The van der Waals surface area contributed by atoms with Crippen LogP contribution in [0.4, 0.5) is 5.95 Å². The van der Waals surface area contributed by atoms with Crippen LogP contribution in [0.15, 0.2) is 22.8 Å². The van der Waals surface area contributed by atoms with Gasteiger partial charge in [-0.15, -0.1) is 5.10 Å². The minimum atomic E-state index is -0.189. The first kappa shape index (κ1) is 14.3. The van der Waals surface area contributed by atoms with E-state index in [9.17, 15) is 0 Å². The molecule has 5 nitrogen and oxygen atoms in total. The highest BCUT2D eigenvalue weighted by molar-refractivity contribution is 9.10. The topological polar surface area (TPSA) is 68.2 Å². The number of nitrogens with one attached hydrogen (secondary N) is 1. The molecule has 1 unspecified atom stereocenters. The Balaban J connectivity index is 2.27. The summed E-state index contributed by atoms with van der Waals surface area (Å²) in [5, 5.41) is 7.79. The summed E-state index contributed by atoms with van der Waals surface area (Å²) in [5.41, 5.74) is 6.50. The van der Waals surface area contributed by atoms with Gasteiger partial charge in [0.05, 0.1) is 4.47 Å². The molecule has 6 heteroatoms. The average Bonchev–Trinajstić information content (AvgIpc) is 2.71. The Morgan fingerprint density at radius 2 is 2.26 bits per heavy atom. The molecule has 0 saturated carbocycles. The minimum Gasteiger partial charge on any atom is -0.346 e. The Labute approximate surface area is 121 Å². The van der Waals surface area contributed by atoms with Gasteiger partial charge in [0.2, 0.25) is 5.95 Å². The van der Waals surface area contributed by atoms with Gasteiger partial charge in [0.25, 0.3) is 0 Å². The van der Waals surface area contributed by atoms with Crippen molar-refractivity contribution in [2.24, 2.45) is 11.7 Å². The largest absolute Gasteiger partial charge is 0.346 e. The van der Waals surface area contributed by atoms with Crippen LogP contribution in [0.1, 0.15) is 27.2 Å². The van der Waals surface area contributed by atoms with Gasteiger partial charge in [0.1, 0.15) is 0 Å². The molecule has 2 heterocycles. The Bertz CT molecular complexity index is 565. The number of aromatic nitrogens is 3. The predicted molar refractivity (Wildman–Crippen MR) is 81.2 cm³/mol. The van der Waals surface area contributed by atoms with Crippen LogP contribution in [-0.2, 0) is 0 Å². The zero-order valence-corrected chi connectivity index (χ0v) is 13.1. The fourth-order valence-corrected chi connectivity index (χ4v) is 2.71. The Hall–Kier alpha value is -1.14. The molecular weight excluding hydrogens is 306 g/mol. The second kappa shape index (κ2) is 5.46. The number of nitrogens with two attached hydrogens (primary N) is 1. The Morgan fingerprint density at radius 1 is 1.53 bits per heavy atom. The first-order chi connectivity index (χ1) is 8.93. The van der Waals surface area contributed by atoms with E-state index in [1.165, 1.54) is 0 Å². The minimum absolute atomic E-state index is 0.189. The van der Waals surface area contributed by atoms with Gasteiger partial charge in [-0.3, -0.25) is 0 Å². The third kappa shape index (κ3) is 3.25. The number of nitrogens with zero attached hydrogens (tertiary/aromatic N) is 3. The Morgan fingerprint density at radius 3 is 2.84 bits per heavy atom. The molecule has 0 aliphatic rings. The zero-order chi connectivity index (χ0) is 14.0. The van der Waals surface area contributed by atoms with Crippen LogP contribution >= 0.6 is 15.9 Å². The fraction of sp³-hybridized carbons (Fsp3) is 0.538. The van der Waals surface area contributed by atoms with Crippen molar-refractivity contribution in [2.45, 2.75) is 32.7 Å². The van der Waals surface area contributed by atoms with E-state index in [2.05, 4.69) is 52.1 Å². The molecule has 2 aromatic rings. The lowest BCUT2D eigenvalue weighted by atomic mass is 9.91. The molecule has 0 aliphatic carbocycles. The first-order valence-electron chi connectivity index (χ1n) is 6.43. The van der Waals surface area contributed by atoms with Gasteiger partial charge in [0.15, 0.2) is 5.65 Å². The van der Waals surface area contributed by atoms with E-state index in [-0.39, 0.29) is 5.54 Å². The first-order valence-corrected chi connectivity index (χ1v) is 7.22. The van der Waals surface area contributed by atoms with Crippen molar-refractivity contribution in [3.8, 4) is 0 Å². The summed E-state index contributed by atoms with van der Waals surface area (Å²) in [6.07, 6.45) is 2.85. The number of rotatable bonds is 5. The van der Waals surface area contributed by atoms with Gasteiger partial charge >= 0.3 is 0 Å². The quantitative estimate of drug-likeness (QED) is 0.886. The van der Waals surface area contributed by atoms with Crippen molar-refractivity contribution in [3.05, 3.63) is 22.8 Å². The van der Waals surface area contributed by atoms with Crippen LogP contribution in [0.25, 0.3) is 5.65 Å². The van der Waals surface area contributed by atoms with E-state index in [0.717, 1.165) is 16.5 Å². The van der Waals surface area contributed by atoms with E-state index >= 15 is 0 Å². The third-order valence-electron chi connectivity index (χ3n) is 3.04. The summed E-state index contributed by atoms with van der Waals surface area (Å²) in [6, 6.07) is 3.87. The lowest BCUT2D eigenvalue weighted by molar-refractivity contribution is 0.405. The van der Waals surface area contributed by atoms with Gasteiger partial charge in [-0.1, -0.05) is 13.8 Å². The van der Waals surface area contributed by atoms with E-state index in [1.807, 2.05) is 18.3 Å². The number of fused-ring (bicyclic) bond motifs is 1. The van der Waals surface area contributed by atoms with Gasteiger partial charge in [-0.25, -0.2) is 4.52 Å². The van der Waals surface area contributed by atoms with Crippen LogP contribution in [0, 0.1) is 5.92 Å². The van der Waals surface area contributed by atoms with Crippen molar-refractivity contribution >= 4 is 27.5 Å². The molecule has 104 valence electrons. The molecule has 0 bridgehead atoms. The molecule has 1 atom stereocenters. The van der Waals surface area contributed by atoms with Crippen LogP contribution in [0.2, 0.25) is 0 Å². The molecule has 2 aromatic heterocycles. The predicted octanol–water partition coefficient (Wildman–Crippen LogP) is 2.67. The van der Waals surface area contributed by atoms with Crippen molar-refractivity contribution in [1.82, 2.24) is 14.6 Å². The molecule has 0 saturated heterocycles. The second-order valence-electron chi connectivity index (χ2n) is 5.55. The molecule has 0 aliphatic heterocycles. The molecule has 0 amide bonds. The number of pyridine rings is 1. The molecule has 2 rings (SSSR count). The highest BCUT2D eigenvalue weighted by Gasteiger charge is 2.25. The second-order valence-corrected chi connectivity index (χ2v) is 6.40. The average molecular weight is 326 g/mol. The van der Waals surface area contributed by atoms with Gasteiger partial charge in [0, 0.05) is 18.3 Å². The summed E-state index contributed by atoms with van der Waals surface area (Å²) in [5.74, 6) is 1.17. The van der Waals surface area contributed by atoms with Crippen LogP contribution in [-0.4, -0.2) is 26.7 Å².